The monoisotopic (exact) mass is 569 g/mol. The second kappa shape index (κ2) is 15.3. The molecule has 0 amide bonds. The van der Waals surface area contributed by atoms with Crippen LogP contribution in [0.15, 0.2) is 12.7 Å². The van der Waals surface area contributed by atoms with Crippen molar-refractivity contribution in [2.45, 2.75) is 97.9 Å². The first-order chi connectivity index (χ1) is 18.4. The molecule has 4 N–H and O–H groups in total. The van der Waals surface area contributed by atoms with E-state index in [1.54, 1.807) is 38.6 Å². The van der Waals surface area contributed by atoms with Gasteiger partial charge in [0, 0.05) is 0 Å². The van der Waals surface area contributed by atoms with Crippen LogP contribution in [0, 0.1) is 0 Å². The van der Waals surface area contributed by atoms with Crippen molar-refractivity contribution in [1.29, 1.82) is 0 Å². The molecule has 220 valence electrons. The van der Waals surface area contributed by atoms with E-state index >= 15 is 0 Å². The summed E-state index contributed by atoms with van der Waals surface area (Å²) in [7, 11) is -3.68. The van der Waals surface area contributed by atoms with Crippen LogP contribution in [-0.4, -0.2) is 68.7 Å². The molecule has 2 heterocycles. The third-order valence-corrected chi connectivity index (χ3v) is 8.11. The van der Waals surface area contributed by atoms with Crippen LogP contribution in [0.5, 0.6) is 0 Å². The maximum atomic E-state index is 14.1. The number of nitrogens with zero attached hydrogens (tertiary/aromatic N) is 4. The number of nitrogens with two attached hydrogens (primary N) is 1. The zero-order valence-electron chi connectivity index (χ0n) is 23.9. The summed E-state index contributed by atoms with van der Waals surface area (Å²) < 4.78 is 32.5. The molecule has 0 fully saturated rings. The fourth-order valence-electron chi connectivity index (χ4n) is 3.70. The van der Waals surface area contributed by atoms with Crippen LogP contribution >= 0.6 is 7.44 Å². The van der Waals surface area contributed by atoms with Crippen molar-refractivity contribution in [2.75, 3.05) is 25.3 Å². The average Bonchev–Trinajstić information content (AvgIpc) is 3.29. The lowest BCUT2D eigenvalue weighted by atomic mass is 10.1. The Labute approximate surface area is 230 Å². The van der Waals surface area contributed by atoms with Crippen molar-refractivity contribution >= 4 is 36.4 Å². The Morgan fingerprint density at radius 1 is 1.08 bits per heavy atom. The number of anilines is 1. The Morgan fingerprint density at radius 2 is 1.77 bits per heavy atom. The van der Waals surface area contributed by atoms with Crippen LogP contribution in [0.1, 0.15) is 73.6 Å². The Kier molecular flexibility index (Phi) is 12.8. The van der Waals surface area contributed by atoms with Crippen LogP contribution < -0.4 is 15.9 Å². The van der Waals surface area contributed by atoms with Crippen molar-refractivity contribution < 1.29 is 28.4 Å². The molecule has 0 bridgehead atoms. The van der Waals surface area contributed by atoms with Crippen molar-refractivity contribution in [3.63, 3.8) is 0 Å². The van der Waals surface area contributed by atoms with Crippen molar-refractivity contribution in [2.24, 2.45) is 0 Å². The van der Waals surface area contributed by atoms with Crippen LogP contribution in [0.3, 0.4) is 0 Å². The van der Waals surface area contributed by atoms with Crippen molar-refractivity contribution in [3.05, 3.63) is 12.7 Å². The van der Waals surface area contributed by atoms with Gasteiger partial charge in [0.15, 0.2) is 11.5 Å². The number of rotatable bonds is 18. The molecule has 2 aromatic heterocycles. The molecule has 0 aromatic carbocycles. The van der Waals surface area contributed by atoms with Gasteiger partial charge in [-0.3, -0.25) is 14.2 Å². The summed E-state index contributed by atoms with van der Waals surface area (Å²) in [4.78, 5) is 37.7. The van der Waals surface area contributed by atoms with Gasteiger partial charge >= 0.3 is 11.9 Å². The third kappa shape index (κ3) is 10.1. The second-order valence-electron chi connectivity index (χ2n) is 10.1. The predicted molar refractivity (Wildman–Crippen MR) is 149 cm³/mol. The maximum absolute atomic E-state index is 14.1. The summed E-state index contributed by atoms with van der Waals surface area (Å²) in [6, 6.07) is -0.910. The number of esters is 2. The molecular weight excluding hydrogens is 525 g/mol. The summed E-state index contributed by atoms with van der Waals surface area (Å²) in [6.07, 6.45) is 6.47. The molecule has 0 radical (unpaired) electrons. The summed E-state index contributed by atoms with van der Waals surface area (Å²) in [5, 5.41) is 5.74. The Bertz CT molecular complexity index is 1130. The highest BCUT2D eigenvalue weighted by Gasteiger charge is 2.39. The highest BCUT2D eigenvalue weighted by Crippen LogP contribution is 2.40. The largest absolute Gasteiger partial charge is 0.465 e. The van der Waals surface area contributed by atoms with Crippen molar-refractivity contribution in [3.8, 4) is 0 Å². The van der Waals surface area contributed by atoms with Gasteiger partial charge in [0.2, 0.25) is 7.44 Å². The van der Waals surface area contributed by atoms with E-state index in [9.17, 15) is 14.2 Å². The lowest BCUT2D eigenvalue weighted by molar-refractivity contribution is -0.149. The molecule has 0 aliphatic carbocycles. The quantitative estimate of drug-likeness (QED) is 0.136. The standard InChI is InChI=1S/C25H44N7O6P/c1-7-9-11-13-37-24(34)25(5,6)31-39(35,30-19(4)23(33)36-12-10-8-2)17-38-18(3)14-32-16-29-20-21(26)27-15-28-22(20)32/h15-16,18-19H,7-14,17H2,1-6H3,(H2,26,27,28)(H2,30,31,35)/t18-,19-,39-/m1/s1. The SMILES string of the molecule is CCCCCOC(=O)C(C)(C)N[P@@](=O)(CO[C@H](C)Cn1cnc2c(N)ncnc21)N[C@H](C)C(=O)OCCCC. The first-order valence-corrected chi connectivity index (χ1v) is 15.3. The molecule has 0 spiro atoms. The molecule has 2 rings (SSSR count). The zero-order valence-corrected chi connectivity index (χ0v) is 24.8. The molecule has 0 aliphatic rings. The Balaban J connectivity index is 2.12. The van der Waals surface area contributed by atoms with Crippen LogP contribution in [0.2, 0.25) is 0 Å². The Morgan fingerprint density at radius 3 is 2.46 bits per heavy atom. The number of ether oxygens (including phenoxy) is 3. The van der Waals surface area contributed by atoms with Gasteiger partial charge in [-0.05, 0) is 40.5 Å². The summed E-state index contributed by atoms with van der Waals surface area (Å²) in [6.45, 7) is 11.5. The van der Waals surface area contributed by atoms with Gasteiger partial charge in [0.25, 0.3) is 0 Å². The number of carbonyl (C=O) groups is 2. The van der Waals surface area contributed by atoms with Crippen LogP contribution in [-0.2, 0) is 34.9 Å². The van der Waals surface area contributed by atoms with E-state index in [-0.39, 0.29) is 25.4 Å². The van der Waals surface area contributed by atoms with Crippen molar-refractivity contribution in [1.82, 2.24) is 29.7 Å². The number of hydrogen-bond donors (Lipinski definition) is 3. The number of imidazole rings is 1. The fraction of sp³-hybridized carbons (Fsp3) is 0.720. The van der Waals surface area contributed by atoms with Gasteiger partial charge < -0.3 is 24.5 Å². The number of nitrogens with one attached hydrogen (secondary N) is 2. The van der Waals surface area contributed by atoms with E-state index in [4.69, 9.17) is 19.9 Å². The first kappa shape index (κ1) is 32.6. The topological polar surface area (TPSA) is 173 Å². The van der Waals surface area contributed by atoms with Crippen LogP contribution in [0.25, 0.3) is 11.2 Å². The average molecular weight is 570 g/mol. The lowest BCUT2D eigenvalue weighted by Crippen LogP contribution is -2.50. The summed E-state index contributed by atoms with van der Waals surface area (Å²) in [5.74, 6) is -0.816. The highest BCUT2D eigenvalue weighted by atomic mass is 31.2. The van der Waals surface area contributed by atoms with Gasteiger partial charge in [-0.2, -0.15) is 0 Å². The molecular formula is C25H44N7O6P. The van der Waals surface area contributed by atoms with Gasteiger partial charge in [-0.15, -0.1) is 0 Å². The minimum atomic E-state index is -3.68. The second-order valence-corrected chi connectivity index (χ2v) is 12.3. The number of unbranched alkanes of at least 4 members (excludes halogenated alkanes) is 3. The van der Waals surface area contributed by atoms with E-state index in [1.165, 1.54) is 6.33 Å². The summed E-state index contributed by atoms with van der Waals surface area (Å²) in [5.41, 5.74) is 5.58. The van der Waals surface area contributed by atoms with E-state index < -0.39 is 37.1 Å². The van der Waals surface area contributed by atoms with Gasteiger partial charge in [0.05, 0.1) is 32.2 Å². The number of nitrogen functional groups attached to an aromatic ring is 1. The predicted octanol–water partition coefficient (Wildman–Crippen LogP) is 3.39. The molecule has 0 saturated heterocycles. The normalized spacial score (nSPS) is 15.0. The molecule has 0 unspecified atom stereocenters. The first-order valence-electron chi connectivity index (χ1n) is 13.5. The number of fused-ring (bicyclic) bond motifs is 1. The zero-order chi connectivity index (χ0) is 29.1. The number of carbonyl (C=O) groups excluding carboxylic acids is 2. The molecule has 2 aromatic rings. The lowest BCUT2D eigenvalue weighted by Gasteiger charge is -2.32. The molecule has 39 heavy (non-hydrogen) atoms. The van der Waals surface area contributed by atoms with E-state index in [0.29, 0.717) is 17.7 Å². The number of hydrogen-bond acceptors (Lipinski definition) is 10. The third-order valence-electron chi connectivity index (χ3n) is 5.87. The van der Waals surface area contributed by atoms with Gasteiger partial charge in [-0.1, -0.05) is 33.1 Å². The molecule has 0 saturated carbocycles. The molecule has 14 heteroatoms. The molecule has 3 atom stereocenters. The fourth-order valence-corrected chi connectivity index (χ4v) is 6.09. The van der Waals surface area contributed by atoms with Crippen LogP contribution in [0.4, 0.5) is 5.82 Å². The maximum Gasteiger partial charge on any atom is 0.326 e. The minimum absolute atomic E-state index is 0.272. The smallest absolute Gasteiger partial charge is 0.326 e. The van der Waals surface area contributed by atoms with E-state index in [0.717, 1.165) is 32.1 Å². The van der Waals surface area contributed by atoms with Gasteiger partial charge in [-0.25, -0.2) is 25.1 Å². The Hall–Kier alpha value is -2.60. The highest BCUT2D eigenvalue weighted by molar-refractivity contribution is 7.59. The molecule has 0 aliphatic heterocycles. The molecule has 13 nitrogen and oxygen atoms in total. The summed E-state index contributed by atoms with van der Waals surface area (Å²) >= 11 is 0. The van der Waals surface area contributed by atoms with E-state index in [1.807, 2.05) is 6.92 Å². The van der Waals surface area contributed by atoms with E-state index in [2.05, 4.69) is 32.1 Å². The number of aromatic nitrogens is 4. The van der Waals surface area contributed by atoms with Gasteiger partial charge in [0.1, 0.15) is 29.8 Å². The minimum Gasteiger partial charge on any atom is -0.465 e.